The van der Waals surface area contributed by atoms with Gasteiger partial charge in [-0.2, -0.15) is 5.10 Å². The minimum Gasteiger partial charge on any atom is -0.508 e. The van der Waals surface area contributed by atoms with Gasteiger partial charge in [0.05, 0.1) is 0 Å². The summed E-state index contributed by atoms with van der Waals surface area (Å²) in [5, 5.41) is 13.6. The standard InChI is InChI=1S/C17H19N7O/c18-15-16(19-12-20-17(15)24-7-1-6-21-24)23-10-8-22(9-11-23)13-2-4-14(25)5-3-13/h1-7,12,25H,8-11,18H2. The van der Waals surface area contributed by atoms with E-state index in [1.54, 1.807) is 23.0 Å². The number of nitrogens with two attached hydrogens (primary N) is 1. The summed E-state index contributed by atoms with van der Waals surface area (Å²) >= 11 is 0. The zero-order chi connectivity index (χ0) is 17.2. The van der Waals surface area contributed by atoms with Crippen LogP contribution in [0, 0.1) is 0 Å². The minimum absolute atomic E-state index is 0.280. The van der Waals surface area contributed by atoms with Crippen molar-refractivity contribution < 1.29 is 5.11 Å². The Morgan fingerprint density at radius 1 is 0.920 bits per heavy atom. The van der Waals surface area contributed by atoms with Crippen LogP contribution < -0.4 is 15.5 Å². The van der Waals surface area contributed by atoms with Crippen LogP contribution in [0.3, 0.4) is 0 Å². The van der Waals surface area contributed by atoms with Crippen LogP contribution in [0.15, 0.2) is 49.1 Å². The molecule has 1 aromatic carbocycles. The number of hydrogen-bond acceptors (Lipinski definition) is 7. The molecule has 25 heavy (non-hydrogen) atoms. The van der Waals surface area contributed by atoms with Crippen LogP contribution in [0.25, 0.3) is 5.82 Å². The number of aromatic hydroxyl groups is 1. The lowest BCUT2D eigenvalue weighted by molar-refractivity contribution is 0.475. The van der Waals surface area contributed by atoms with Crippen LogP contribution >= 0.6 is 0 Å². The van der Waals surface area contributed by atoms with Gasteiger partial charge >= 0.3 is 0 Å². The average Bonchev–Trinajstić information content (AvgIpc) is 3.17. The third kappa shape index (κ3) is 2.93. The molecule has 4 rings (SSSR count). The Bertz CT molecular complexity index is 840. The molecular formula is C17H19N7O. The maximum absolute atomic E-state index is 9.42. The first kappa shape index (κ1) is 15.3. The maximum Gasteiger partial charge on any atom is 0.181 e. The van der Waals surface area contributed by atoms with Gasteiger partial charge in [-0.1, -0.05) is 0 Å². The van der Waals surface area contributed by atoms with E-state index in [2.05, 4.69) is 24.9 Å². The lowest BCUT2D eigenvalue weighted by Crippen LogP contribution is -2.47. The van der Waals surface area contributed by atoms with Crippen molar-refractivity contribution in [1.82, 2.24) is 19.7 Å². The fourth-order valence-electron chi connectivity index (χ4n) is 3.05. The molecule has 0 amide bonds. The number of rotatable bonds is 3. The smallest absolute Gasteiger partial charge is 0.181 e. The second-order valence-corrected chi connectivity index (χ2v) is 5.88. The first-order chi connectivity index (χ1) is 12.2. The third-order valence-corrected chi connectivity index (χ3v) is 4.36. The average molecular weight is 337 g/mol. The molecule has 0 aliphatic carbocycles. The molecule has 0 bridgehead atoms. The monoisotopic (exact) mass is 337 g/mol. The number of benzene rings is 1. The van der Waals surface area contributed by atoms with E-state index in [-0.39, 0.29) is 5.75 Å². The molecule has 0 unspecified atom stereocenters. The van der Waals surface area contributed by atoms with Crippen LogP contribution in [0.5, 0.6) is 5.75 Å². The molecular weight excluding hydrogens is 318 g/mol. The van der Waals surface area contributed by atoms with Gasteiger partial charge in [0.15, 0.2) is 11.6 Å². The maximum atomic E-state index is 9.42. The SMILES string of the molecule is Nc1c(N2CCN(c3ccc(O)cc3)CC2)ncnc1-n1cccn1. The lowest BCUT2D eigenvalue weighted by atomic mass is 10.2. The topological polar surface area (TPSA) is 96.3 Å². The quantitative estimate of drug-likeness (QED) is 0.743. The molecule has 2 aromatic heterocycles. The van der Waals surface area contributed by atoms with E-state index in [4.69, 9.17) is 5.73 Å². The second kappa shape index (κ2) is 6.31. The number of aromatic nitrogens is 4. The summed E-state index contributed by atoms with van der Waals surface area (Å²) in [7, 11) is 0. The summed E-state index contributed by atoms with van der Waals surface area (Å²) in [5.41, 5.74) is 7.93. The van der Waals surface area contributed by atoms with Crippen molar-refractivity contribution in [2.75, 3.05) is 41.7 Å². The van der Waals surface area contributed by atoms with Crippen molar-refractivity contribution in [3.8, 4) is 11.6 Å². The van der Waals surface area contributed by atoms with Gasteiger partial charge in [0, 0.05) is 44.3 Å². The Kier molecular flexibility index (Phi) is 3.85. The number of anilines is 3. The summed E-state index contributed by atoms with van der Waals surface area (Å²) in [5.74, 6) is 1.61. The molecule has 0 atom stereocenters. The van der Waals surface area contributed by atoms with Crippen molar-refractivity contribution >= 4 is 17.2 Å². The molecule has 1 aliphatic heterocycles. The normalized spacial score (nSPS) is 14.7. The van der Waals surface area contributed by atoms with Crippen molar-refractivity contribution in [1.29, 1.82) is 0 Å². The molecule has 1 aliphatic rings. The Balaban J connectivity index is 1.51. The predicted molar refractivity (Wildman–Crippen MR) is 96.1 cm³/mol. The van der Waals surface area contributed by atoms with Crippen molar-refractivity contribution in [2.45, 2.75) is 0 Å². The Labute approximate surface area is 145 Å². The third-order valence-electron chi connectivity index (χ3n) is 4.36. The highest BCUT2D eigenvalue weighted by Gasteiger charge is 2.22. The van der Waals surface area contributed by atoms with Crippen molar-refractivity contribution in [3.05, 3.63) is 49.1 Å². The summed E-state index contributed by atoms with van der Waals surface area (Å²) in [4.78, 5) is 13.1. The van der Waals surface area contributed by atoms with Gasteiger partial charge in [-0.3, -0.25) is 0 Å². The highest BCUT2D eigenvalue weighted by Crippen LogP contribution is 2.27. The zero-order valence-electron chi connectivity index (χ0n) is 13.7. The van der Waals surface area contributed by atoms with E-state index < -0.39 is 0 Å². The zero-order valence-corrected chi connectivity index (χ0v) is 13.7. The molecule has 0 saturated carbocycles. The summed E-state index contributed by atoms with van der Waals surface area (Å²) in [6.45, 7) is 3.32. The van der Waals surface area contributed by atoms with Gasteiger partial charge in [0.1, 0.15) is 17.8 Å². The Hall–Kier alpha value is -3.29. The van der Waals surface area contributed by atoms with E-state index in [1.165, 1.54) is 6.33 Å². The number of nitrogens with zero attached hydrogens (tertiary/aromatic N) is 6. The molecule has 8 nitrogen and oxygen atoms in total. The largest absolute Gasteiger partial charge is 0.508 e. The first-order valence-corrected chi connectivity index (χ1v) is 8.12. The molecule has 1 saturated heterocycles. The molecule has 3 N–H and O–H groups in total. The van der Waals surface area contributed by atoms with Gasteiger partial charge in [-0.15, -0.1) is 0 Å². The highest BCUT2D eigenvalue weighted by atomic mass is 16.3. The van der Waals surface area contributed by atoms with Gasteiger partial charge < -0.3 is 20.6 Å². The fourth-order valence-corrected chi connectivity index (χ4v) is 3.05. The molecule has 3 heterocycles. The van der Waals surface area contributed by atoms with E-state index in [0.29, 0.717) is 11.5 Å². The summed E-state index contributed by atoms with van der Waals surface area (Å²) in [6.07, 6.45) is 5.03. The Morgan fingerprint density at radius 2 is 1.60 bits per heavy atom. The lowest BCUT2D eigenvalue weighted by Gasteiger charge is -2.37. The van der Waals surface area contributed by atoms with E-state index >= 15 is 0 Å². The van der Waals surface area contributed by atoms with Crippen LogP contribution in [-0.4, -0.2) is 51.0 Å². The van der Waals surface area contributed by atoms with Crippen LogP contribution in [0.4, 0.5) is 17.2 Å². The summed E-state index contributed by atoms with van der Waals surface area (Å²) in [6, 6.07) is 9.11. The van der Waals surface area contributed by atoms with Crippen LogP contribution in [0.2, 0.25) is 0 Å². The van der Waals surface area contributed by atoms with E-state index in [0.717, 1.165) is 37.7 Å². The van der Waals surface area contributed by atoms with Gasteiger partial charge in [0.25, 0.3) is 0 Å². The summed E-state index contributed by atoms with van der Waals surface area (Å²) < 4.78 is 1.65. The molecule has 0 radical (unpaired) electrons. The highest BCUT2D eigenvalue weighted by molar-refractivity contribution is 5.70. The number of piperazine rings is 1. The fraction of sp³-hybridized carbons (Fsp3) is 0.235. The van der Waals surface area contributed by atoms with Crippen molar-refractivity contribution in [3.63, 3.8) is 0 Å². The molecule has 8 heteroatoms. The van der Waals surface area contributed by atoms with E-state index in [1.807, 2.05) is 24.4 Å². The van der Waals surface area contributed by atoms with Gasteiger partial charge in [0.2, 0.25) is 0 Å². The number of phenols is 1. The van der Waals surface area contributed by atoms with Gasteiger partial charge in [-0.25, -0.2) is 14.6 Å². The Morgan fingerprint density at radius 3 is 2.28 bits per heavy atom. The first-order valence-electron chi connectivity index (χ1n) is 8.12. The van der Waals surface area contributed by atoms with E-state index in [9.17, 15) is 5.11 Å². The van der Waals surface area contributed by atoms with Crippen molar-refractivity contribution in [2.24, 2.45) is 0 Å². The number of nitrogen functional groups attached to an aromatic ring is 1. The predicted octanol–water partition coefficient (Wildman–Crippen LogP) is 1.28. The van der Waals surface area contributed by atoms with Crippen LogP contribution in [-0.2, 0) is 0 Å². The minimum atomic E-state index is 0.280. The second-order valence-electron chi connectivity index (χ2n) is 5.88. The van der Waals surface area contributed by atoms with Gasteiger partial charge in [-0.05, 0) is 30.3 Å². The molecule has 128 valence electrons. The molecule has 1 fully saturated rings. The van der Waals surface area contributed by atoms with Crippen LogP contribution in [0.1, 0.15) is 0 Å². The molecule has 3 aromatic rings. The molecule has 0 spiro atoms. The number of phenolic OH excluding ortho intramolecular Hbond substituents is 1. The number of hydrogen-bond donors (Lipinski definition) is 2.